The molecule has 0 aliphatic carbocycles. The van der Waals surface area contributed by atoms with E-state index in [-0.39, 0.29) is 12.0 Å². The Morgan fingerprint density at radius 2 is 2.06 bits per heavy atom. The first-order chi connectivity index (χ1) is 7.65. The molecule has 0 saturated carbocycles. The summed E-state index contributed by atoms with van der Waals surface area (Å²) in [5.41, 5.74) is 0. The third-order valence-electron chi connectivity index (χ3n) is 3.34. The molecule has 2 rings (SSSR count). The van der Waals surface area contributed by atoms with Gasteiger partial charge >= 0.3 is 0 Å². The zero-order chi connectivity index (χ0) is 11.5. The van der Waals surface area contributed by atoms with Gasteiger partial charge in [0.15, 0.2) is 0 Å². The number of nitrogens with one attached hydrogen (secondary N) is 1. The highest BCUT2D eigenvalue weighted by Crippen LogP contribution is 2.17. The van der Waals surface area contributed by atoms with Gasteiger partial charge in [0, 0.05) is 31.8 Å². The summed E-state index contributed by atoms with van der Waals surface area (Å²) >= 11 is 0. The molecular weight excluding hydrogens is 204 g/mol. The van der Waals surface area contributed by atoms with Gasteiger partial charge in [-0.3, -0.25) is 4.79 Å². The van der Waals surface area contributed by atoms with E-state index in [2.05, 4.69) is 19.2 Å². The van der Waals surface area contributed by atoms with Gasteiger partial charge in [0.1, 0.15) is 0 Å². The molecule has 0 bridgehead atoms. The average molecular weight is 226 g/mol. The number of carbonyl (C=O) groups excluding carboxylic acids is 1. The number of ether oxygens (including phenoxy) is 1. The Labute approximate surface area is 97.3 Å². The Hall–Kier alpha value is -0.610. The number of rotatable bonds is 2. The van der Waals surface area contributed by atoms with Crippen molar-refractivity contribution in [3.8, 4) is 0 Å². The summed E-state index contributed by atoms with van der Waals surface area (Å²) in [6.07, 6.45) is 2.89. The van der Waals surface area contributed by atoms with Gasteiger partial charge in [0.25, 0.3) is 0 Å². The molecule has 0 spiro atoms. The predicted molar refractivity (Wildman–Crippen MR) is 62.2 cm³/mol. The summed E-state index contributed by atoms with van der Waals surface area (Å²) in [5, 5.41) is 3.43. The van der Waals surface area contributed by atoms with Crippen molar-refractivity contribution in [2.75, 3.05) is 19.7 Å². The molecule has 2 aliphatic heterocycles. The van der Waals surface area contributed by atoms with Crippen LogP contribution >= 0.6 is 0 Å². The normalized spacial score (nSPS) is 35.4. The highest BCUT2D eigenvalue weighted by Gasteiger charge is 2.27. The molecule has 16 heavy (non-hydrogen) atoms. The van der Waals surface area contributed by atoms with Crippen LogP contribution in [0.15, 0.2) is 0 Å². The second-order valence-corrected chi connectivity index (χ2v) is 5.11. The summed E-state index contributed by atoms with van der Waals surface area (Å²) in [6.45, 7) is 6.74. The van der Waals surface area contributed by atoms with Crippen molar-refractivity contribution in [1.82, 2.24) is 10.2 Å². The third-order valence-corrected chi connectivity index (χ3v) is 3.34. The van der Waals surface area contributed by atoms with Gasteiger partial charge in [-0.2, -0.15) is 0 Å². The van der Waals surface area contributed by atoms with Crippen LogP contribution in [-0.4, -0.2) is 48.7 Å². The minimum atomic E-state index is 0.174. The monoisotopic (exact) mass is 226 g/mol. The summed E-state index contributed by atoms with van der Waals surface area (Å²) in [6, 6.07) is 0.800. The van der Waals surface area contributed by atoms with E-state index in [1.807, 2.05) is 4.90 Å². The Balaban J connectivity index is 1.83. The van der Waals surface area contributed by atoms with Crippen molar-refractivity contribution in [2.45, 2.75) is 51.3 Å². The van der Waals surface area contributed by atoms with Gasteiger partial charge < -0.3 is 15.0 Å². The van der Waals surface area contributed by atoms with Gasteiger partial charge in [0.2, 0.25) is 5.91 Å². The molecule has 0 aromatic rings. The van der Waals surface area contributed by atoms with Crippen LogP contribution in [0.2, 0.25) is 0 Å². The number of amides is 1. The van der Waals surface area contributed by atoms with Gasteiger partial charge in [-0.05, 0) is 26.7 Å². The fourth-order valence-corrected chi connectivity index (χ4v) is 2.66. The quantitative estimate of drug-likeness (QED) is 0.756. The molecule has 4 nitrogen and oxygen atoms in total. The molecule has 0 aromatic heterocycles. The van der Waals surface area contributed by atoms with E-state index in [0.29, 0.717) is 18.5 Å². The van der Waals surface area contributed by atoms with E-state index in [1.54, 1.807) is 0 Å². The van der Waals surface area contributed by atoms with E-state index < -0.39 is 0 Å². The van der Waals surface area contributed by atoms with Crippen molar-refractivity contribution in [3.05, 3.63) is 0 Å². The third kappa shape index (κ3) is 2.95. The first-order valence-corrected chi connectivity index (χ1v) is 6.30. The zero-order valence-electron chi connectivity index (χ0n) is 10.2. The lowest BCUT2D eigenvalue weighted by Crippen LogP contribution is -2.56. The second kappa shape index (κ2) is 5.15. The standard InChI is InChI=1S/C12H22N2O2/c1-9-7-14(8-10(2)13-9)12(15)6-11-4-3-5-16-11/h9-11,13H,3-8H2,1-2H3. The van der Waals surface area contributed by atoms with Crippen LogP contribution in [0, 0.1) is 0 Å². The van der Waals surface area contributed by atoms with Crippen LogP contribution in [0.3, 0.4) is 0 Å². The molecule has 2 heterocycles. The molecule has 3 atom stereocenters. The van der Waals surface area contributed by atoms with Crippen molar-refractivity contribution < 1.29 is 9.53 Å². The fraction of sp³-hybridized carbons (Fsp3) is 0.917. The van der Waals surface area contributed by atoms with Crippen molar-refractivity contribution >= 4 is 5.91 Å². The molecular formula is C12H22N2O2. The van der Waals surface area contributed by atoms with Crippen LogP contribution in [0.5, 0.6) is 0 Å². The lowest BCUT2D eigenvalue weighted by atomic mass is 10.1. The summed E-state index contributed by atoms with van der Waals surface area (Å²) in [7, 11) is 0. The van der Waals surface area contributed by atoms with Crippen LogP contribution in [0.4, 0.5) is 0 Å². The lowest BCUT2D eigenvalue weighted by molar-refractivity contribution is -0.135. The van der Waals surface area contributed by atoms with E-state index in [9.17, 15) is 4.79 Å². The Morgan fingerprint density at radius 1 is 1.38 bits per heavy atom. The molecule has 3 unspecified atom stereocenters. The minimum absolute atomic E-state index is 0.174. The zero-order valence-corrected chi connectivity index (χ0v) is 10.2. The molecule has 4 heteroatoms. The average Bonchev–Trinajstić information content (AvgIpc) is 2.68. The van der Waals surface area contributed by atoms with Gasteiger partial charge in [0.05, 0.1) is 12.5 Å². The highest BCUT2D eigenvalue weighted by molar-refractivity contribution is 5.77. The van der Waals surface area contributed by atoms with E-state index in [4.69, 9.17) is 4.74 Å². The van der Waals surface area contributed by atoms with Crippen LogP contribution < -0.4 is 5.32 Å². The maximum Gasteiger partial charge on any atom is 0.225 e. The topological polar surface area (TPSA) is 41.6 Å². The van der Waals surface area contributed by atoms with Crippen molar-refractivity contribution in [1.29, 1.82) is 0 Å². The molecule has 92 valence electrons. The Bertz CT molecular complexity index is 241. The smallest absolute Gasteiger partial charge is 0.225 e. The summed E-state index contributed by atoms with van der Waals surface area (Å²) in [5.74, 6) is 0.257. The molecule has 2 saturated heterocycles. The second-order valence-electron chi connectivity index (χ2n) is 5.11. The fourth-order valence-electron chi connectivity index (χ4n) is 2.66. The van der Waals surface area contributed by atoms with Crippen LogP contribution in [0.25, 0.3) is 0 Å². The molecule has 2 fully saturated rings. The maximum atomic E-state index is 12.1. The van der Waals surface area contributed by atoms with Gasteiger partial charge in [-0.1, -0.05) is 0 Å². The van der Waals surface area contributed by atoms with Crippen LogP contribution in [-0.2, 0) is 9.53 Å². The Kier molecular flexibility index (Phi) is 3.82. The molecule has 1 amide bonds. The molecule has 2 aliphatic rings. The number of carbonyl (C=O) groups is 1. The van der Waals surface area contributed by atoms with E-state index in [1.165, 1.54) is 0 Å². The lowest BCUT2D eigenvalue weighted by Gasteiger charge is -2.36. The SMILES string of the molecule is CC1CN(C(=O)CC2CCCO2)CC(C)N1. The largest absolute Gasteiger partial charge is 0.378 e. The van der Waals surface area contributed by atoms with Crippen molar-refractivity contribution in [3.63, 3.8) is 0 Å². The highest BCUT2D eigenvalue weighted by atomic mass is 16.5. The number of hydrogen-bond acceptors (Lipinski definition) is 3. The molecule has 0 aromatic carbocycles. The number of hydrogen-bond donors (Lipinski definition) is 1. The van der Waals surface area contributed by atoms with E-state index >= 15 is 0 Å². The number of piperazine rings is 1. The molecule has 0 radical (unpaired) electrons. The molecule has 1 N–H and O–H groups in total. The Morgan fingerprint density at radius 3 is 2.62 bits per heavy atom. The summed E-state index contributed by atoms with van der Waals surface area (Å²) < 4.78 is 5.50. The van der Waals surface area contributed by atoms with Gasteiger partial charge in [-0.25, -0.2) is 0 Å². The minimum Gasteiger partial charge on any atom is -0.378 e. The first kappa shape index (κ1) is 11.9. The predicted octanol–water partition coefficient (Wildman–Crippen LogP) is 0.764. The van der Waals surface area contributed by atoms with Gasteiger partial charge in [-0.15, -0.1) is 0 Å². The maximum absolute atomic E-state index is 12.1. The number of nitrogens with zero attached hydrogens (tertiary/aromatic N) is 1. The first-order valence-electron chi connectivity index (χ1n) is 6.30. The van der Waals surface area contributed by atoms with E-state index in [0.717, 1.165) is 32.5 Å². The van der Waals surface area contributed by atoms with Crippen LogP contribution in [0.1, 0.15) is 33.1 Å². The summed E-state index contributed by atoms with van der Waals surface area (Å²) in [4.78, 5) is 14.0. The van der Waals surface area contributed by atoms with Crippen molar-refractivity contribution in [2.24, 2.45) is 0 Å².